The van der Waals surface area contributed by atoms with Gasteiger partial charge in [0.25, 0.3) is 5.91 Å². The second-order valence-corrected chi connectivity index (χ2v) is 5.53. The minimum absolute atomic E-state index is 0.110. The maximum absolute atomic E-state index is 12.4. The average molecular weight is 285 g/mol. The van der Waals surface area contributed by atoms with E-state index in [1.807, 2.05) is 20.8 Å². The number of nitrogens with zero attached hydrogens (tertiary/aromatic N) is 2. The summed E-state index contributed by atoms with van der Waals surface area (Å²) in [7, 11) is 0. The molecule has 0 spiro atoms. The number of halogens is 1. The zero-order valence-corrected chi connectivity index (χ0v) is 11.9. The maximum Gasteiger partial charge on any atom is 0.305 e. The van der Waals surface area contributed by atoms with Gasteiger partial charge in [-0.2, -0.15) is 0 Å². The molecule has 0 atom stereocenters. The summed E-state index contributed by atoms with van der Waals surface area (Å²) in [4.78, 5) is 28.5. The summed E-state index contributed by atoms with van der Waals surface area (Å²) in [5.41, 5.74) is -0.212. The van der Waals surface area contributed by atoms with Crippen molar-refractivity contribution in [1.82, 2.24) is 9.88 Å². The molecule has 0 saturated carbocycles. The van der Waals surface area contributed by atoms with Gasteiger partial charge in [0.2, 0.25) is 0 Å². The van der Waals surface area contributed by atoms with Crippen LogP contribution >= 0.6 is 11.6 Å². The molecule has 19 heavy (non-hydrogen) atoms. The topological polar surface area (TPSA) is 70.5 Å². The molecule has 5 nitrogen and oxygen atoms in total. The Morgan fingerprint density at radius 2 is 2.05 bits per heavy atom. The van der Waals surface area contributed by atoms with E-state index in [2.05, 4.69) is 4.98 Å². The molecule has 1 aromatic heterocycles. The van der Waals surface area contributed by atoms with Gasteiger partial charge in [0.05, 0.1) is 17.0 Å². The number of carboxylic acid groups (broad SMARTS) is 1. The average Bonchev–Trinajstić information content (AvgIpc) is 2.27. The Bertz CT molecular complexity index is 483. The van der Waals surface area contributed by atoms with Crippen molar-refractivity contribution in [2.75, 3.05) is 6.54 Å². The second-order valence-electron chi connectivity index (χ2n) is 5.13. The molecule has 0 aromatic carbocycles. The highest BCUT2D eigenvalue weighted by Gasteiger charge is 2.28. The normalized spacial score (nSPS) is 11.2. The van der Waals surface area contributed by atoms with Crippen LogP contribution in [0.3, 0.4) is 0 Å². The van der Waals surface area contributed by atoms with Crippen molar-refractivity contribution in [2.45, 2.75) is 32.7 Å². The lowest BCUT2D eigenvalue weighted by Crippen LogP contribution is -2.46. The highest BCUT2D eigenvalue weighted by Crippen LogP contribution is 2.21. The second kappa shape index (κ2) is 6.02. The number of aliphatic carboxylic acids is 1. The summed E-state index contributed by atoms with van der Waals surface area (Å²) in [5, 5.41) is 9.07. The van der Waals surface area contributed by atoms with Crippen LogP contribution in [0.5, 0.6) is 0 Å². The molecular weight excluding hydrogens is 268 g/mol. The fraction of sp³-hybridized carbons (Fsp3) is 0.462. The van der Waals surface area contributed by atoms with Crippen LogP contribution in [0.25, 0.3) is 0 Å². The van der Waals surface area contributed by atoms with E-state index < -0.39 is 11.5 Å². The molecule has 0 saturated heterocycles. The molecule has 0 aliphatic carbocycles. The summed E-state index contributed by atoms with van der Waals surface area (Å²) in [6.45, 7) is 5.66. The molecule has 0 radical (unpaired) electrons. The predicted molar refractivity (Wildman–Crippen MR) is 72.3 cm³/mol. The first kappa shape index (κ1) is 15.4. The lowest BCUT2D eigenvalue weighted by molar-refractivity contribution is -0.137. The zero-order chi connectivity index (χ0) is 14.6. The molecule has 0 bridgehead atoms. The number of carbonyl (C=O) groups excluding carboxylic acids is 1. The van der Waals surface area contributed by atoms with Crippen molar-refractivity contribution in [3.05, 3.63) is 29.0 Å². The van der Waals surface area contributed by atoms with Crippen molar-refractivity contribution in [3.63, 3.8) is 0 Å². The number of hydrogen-bond acceptors (Lipinski definition) is 3. The van der Waals surface area contributed by atoms with Gasteiger partial charge in [0.1, 0.15) is 0 Å². The monoisotopic (exact) mass is 284 g/mol. The number of pyridine rings is 1. The molecule has 1 heterocycles. The van der Waals surface area contributed by atoms with Crippen molar-refractivity contribution < 1.29 is 14.7 Å². The van der Waals surface area contributed by atoms with E-state index in [1.54, 1.807) is 0 Å². The fourth-order valence-electron chi connectivity index (χ4n) is 1.63. The van der Waals surface area contributed by atoms with E-state index in [-0.39, 0.29) is 24.4 Å². The fourth-order valence-corrected chi connectivity index (χ4v) is 1.82. The van der Waals surface area contributed by atoms with Crippen molar-refractivity contribution in [3.8, 4) is 0 Å². The van der Waals surface area contributed by atoms with Crippen LogP contribution in [0.2, 0.25) is 5.02 Å². The summed E-state index contributed by atoms with van der Waals surface area (Å²) in [5.74, 6) is -1.26. The van der Waals surface area contributed by atoms with Gasteiger partial charge < -0.3 is 10.0 Å². The van der Waals surface area contributed by atoms with Crippen molar-refractivity contribution in [1.29, 1.82) is 0 Å². The lowest BCUT2D eigenvalue weighted by atomic mass is 10.0. The predicted octanol–water partition coefficient (Wildman–Crippen LogP) is 2.45. The smallest absolute Gasteiger partial charge is 0.305 e. The third-order valence-corrected chi connectivity index (χ3v) is 2.93. The first-order valence-corrected chi connectivity index (χ1v) is 6.24. The zero-order valence-electron chi connectivity index (χ0n) is 11.2. The molecule has 0 unspecified atom stereocenters. The third-order valence-electron chi connectivity index (χ3n) is 2.60. The first-order valence-electron chi connectivity index (χ1n) is 5.86. The summed E-state index contributed by atoms with van der Waals surface area (Å²) in [6.07, 6.45) is 2.78. The summed E-state index contributed by atoms with van der Waals surface area (Å²) >= 11 is 5.97. The molecule has 104 valence electrons. The van der Waals surface area contributed by atoms with E-state index in [0.717, 1.165) is 0 Å². The van der Waals surface area contributed by atoms with E-state index in [0.29, 0.717) is 5.02 Å². The molecule has 6 heteroatoms. The number of carboxylic acids is 1. The van der Waals surface area contributed by atoms with Crippen molar-refractivity contribution >= 4 is 23.5 Å². The number of aromatic nitrogens is 1. The van der Waals surface area contributed by atoms with Crippen LogP contribution in [-0.4, -0.2) is 39.0 Å². The van der Waals surface area contributed by atoms with Crippen LogP contribution in [0, 0.1) is 0 Å². The largest absolute Gasteiger partial charge is 0.481 e. The van der Waals surface area contributed by atoms with Crippen LogP contribution in [0.4, 0.5) is 0 Å². The minimum atomic E-state index is -0.945. The quantitative estimate of drug-likeness (QED) is 0.922. The Kier molecular flexibility index (Phi) is 4.89. The van der Waals surface area contributed by atoms with Gasteiger partial charge in [-0.3, -0.25) is 14.6 Å². The molecule has 1 N–H and O–H groups in total. The molecule has 0 aliphatic heterocycles. The third kappa shape index (κ3) is 4.21. The molecule has 0 fully saturated rings. The summed E-state index contributed by atoms with van der Waals surface area (Å²) < 4.78 is 0. The Labute approximate surface area is 117 Å². The molecule has 1 aromatic rings. The van der Waals surface area contributed by atoms with E-state index in [9.17, 15) is 9.59 Å². The van der Waals surface area contributed by atoms with Crippen LogP contribution in [-0.2, 0) is 4.79 Å². The van der Waals surface area contributed by atoms with Gasteiger partial charge >= 0.3 is 5.97 Å². The van der Waals surface area contributed by atoms with Gasteiger partial charge in [0.15, 0.2) is 0 Å². The Morgan fingerprint density at radius 3 is 2.53 bits per heavy atom. The standard InChI is InChI=1S/C13H17ClN2O3/c1-13(2,3)16(7-5-11(17)18)12(19)9-8-15-6-4-10(9)14/h4,6,8H,5,7H2,1-3H3,(H,17,18). The number of carbonyl (C=O) groups is 2. The van der Waals surface area contributed by atoms with E-state index in [1.165, 1.54) is 23.4 Å². The van der Waals surface area contributed by atoms with Gasteiger partial charge in [-0.1, -0.05) is 11.6 Å². The van der Waals surface area contributed by atoms with Crippen LogP contribution in [0.15, 0.2) is 18.5 Å². The van der Waals surface area contributed by atoms with Crippen LogP contribution in [0.1, 0.15) is 37.6 Å². The molecule has 0 aliphatic rings. The van der Waals surface area contributed by atoms with Gasteiger partial charge in [0, 0.05) is 24.5 Å². The number of hydrogen-bond donors (Lipinski definition) is 1. The highest BCUT2D eigenvalue weighted by molar-refractivity contribution is 6.33. The highest BCUT2D eigenvalue weighted by atomic mass is 35.5. The van der Waals surface area contributed by atoms with Crippen LogP contribution < -0.4 is 0 Å². The van der Waals surface area contributed by atoms with Gasteiger partial charge in [-0.15, -0.1) is 0 Å². The van der Waals surface area contributed by atoms with Gasteiger partial charge in [-0.25, -0.2) is 0 Å². The Hall–Kier alpha value is -1.62. The first-order chi connectivity index (χ1) is 8.73. The summed E-state index contributed by atoms with van der Waals surface area (Å²) in [6, 6.07) is 1.53. The minimum Gasteiger partial charge on any atom is -0.481 e. The number of rotatable bonds is 4. The van der Waals surface area contributed by atoms with Crippen molar-refractivity contribution in [2.24, 2.45) is 0 Å². The molecule has 1 rings (SSSR count). The van der Waals surface area contributed by atoms with E-state index >= 15 is 0 Å². The molecular formula is C13H17ClN2O3. The number of amides is 1. The van der Waals surface area contributed by atoms with E-state index in [4.69, 9.17) is 16.7 Å². The Morgan fingerprint density at radius 1 is 1.42 bits per heavy atom. The Balaban J connectivity index is 3.02. The lowest BCUT2D eigenvalue weighted by Gasteiger charge is -2.35. The van der Waals surface area contributed by atoms with Gasteiger partial charge in [-0.05, 0) is 26.8 Å². The maximum atomic E-state index is 12.4. The molecule has 1 amide bonds. The SMILES string of the molecule is CC(C)(C)N(CCC(=O)O)C(=O)c1cnccc1Cl.